The number of likely N-dealkylation sites (N-methyl/N-ethyl adjacent to an activating group) is 1. The molecule has 1 N–H and O–H groups in total. The molecular formula is C16H19BrN2S. The van der Waals surface area contributed by atoms with Gasteiger partial charge < -0.3 is 5.32 Å². The van der Waals surface area contributed by atoms with Crippen molar-refractivity contribution in [1.82, 2.24) is 10.3 Å². The lowest BCUT2D eigenvalue weighted by Gasteiger charge is -2.27. The quantitative estimate of drug-likeness (QED) is 0.898. The molecule has 1 unspecified atom stereocenters. The van der Waals surface area contributed by atoms with Gasteiger partial charge in [0.15, 0.2) is 0 Å². The topological polar surface area (TPSA) is 24.9 Å². The molecule has 0 radical (unpaired) electrons. The Balaban J connectivity index is 1.87. The summed E-state index contributed by atoms with van der Waals surface area (Å²) in [6.07, 6.45) is 4.61. The highest BCUT2D eigenvalue weighted by Crippen LogP contribution is 2.35. The molecule has 1 atom stereocenters. The van der Waals surface area contributed by atoms with Crippen molar-refractivity contribution < 1.29 is 0 Å². The van der Waals surface area contributed by atoms with E-state index in [0.717, 1.165) is 17.3 Å². The summed E-state index contributed by atoms with van der Waals surface area (Å²) in [6, 6.07) is 8.57. The first-order valence-corrected chi connectivity index (χ1v) is 8.64. The van der Waals surface area contributed by atoms with Gasteiger partial charge in [-0.15, -0.1) is 11.3 Å². The van der Waals surface area contributed by atoms with Gasteiger partial charge in [0.2, 0.25) is 0 Å². The van der Waals surface area contributed by atoms with Gasteiger partial charge in [-0.2, -0.15) is 0 Å². The van der Waals surface area contributed by atoms with Crippen molar-refractivity contribution in [2.24, 2.45) is 0 Å². The molecule has 0 amide bonds. The largest absolute Gasteiger partial charge is 0.308 e. The fourth-order valence-corrected chi connectivity index (χ4v) is 4.27. The molecule has 0 saturated carbocycles. The highest BCUT2D eigenvalue weighted by Gasteiger charge is 2.31. The number of hydrogen-bond donors (Lipinski definition) is 1. The Morgan fingerprint density at radius 3 is 2.70 bits per heavy atom. The number of fused-ring (bicyclic) bond motifs is 1. The van der Waals surface area contributed by atoms with Crippen molar-refractivity contribution in [1.29, 1.82) is 0 Å². The van der Waals surface area contributed by atoms with E-state index < -0.39 is 0 Å². The number of nitrogens with one attached hydrogen (secondary N) is 1. The summed E-state index contributed by atoms with van der Waals surface area (Å²) in [5, 5.41) is 4.71. The first-order chi connectivity index (χ1) is 9.60. The Morgan fingerprint density at radius 2 is 2.05 bits per heavy atom. The molecule has 3 rings (SSSR count). The molecule has 1 heterocycles. The Kier molecular flexibility index (Phi) is 3.98. The zero-order chi connectivity index (χ0) is 14.2. The van der Waals surface area contributed by atoms with E-state index in [4.69, 9.17) is 4.98 Å². The van der Waals surface area contributed by atoms with Gasteiger partial charge in [-0.25, -0.2) is 4.98 Å². The molecule has 1 aromatic carbocycles. The number of thiazole rings is 1. The first-order valence-electron chi connectivity index (χ1n) is 7.03. The van der Waals surface area contributed by atoms with Crippen LogP contribution in [0.25, 0.3) is 0 Å². The summed E-state index contributed by atoms with van der Waals surface area (Å²) in [4.78, 5) is 6.39. The number of nitrogens with zero attached hydrogens (tertiary/aromatic N) is 1. The van der Waals surface area contributed by atoms with Crippen LogP contribution in [-0.4, -0.2) is 12.0 Å². The summed E-state index contributed by atoms with van der Waals surface area (Å²) in [5.74, 6) is 0. The van der Waals surface area contributed by atoms with E-state index in [1.807, 2.05) is 18.4 Å². The Hall–Kier alpha value is -0.710. The van der Waals surface area contributed by atoms with E-state index in [1.54, 1.807) is 0 Å². The normalized spacial score (nSPS) is 16.9. The highest BCUT2D eigenvalue weighted by atomic mass is 79.9. The Labute approximate surface area is 132 Å². The lowest BCUT2D eigenvalue weighted by atomic mass is 9.93. The van der Waals surface area contributed by atoms with Crippen LogP contribution < -0.4 is 5.32 Å². The van der Waals surface area contributed by atoms with E-state index in [9.17, 15) is 0 Å². The fraction of sp³-hybridized carbons (Fsp3) is 0.438. The lowest BCUT2D eigenvalue weighted by Crippen LogP contribution is -2.39. The standard InChI is InChI=1S/C16H19BrN2S/c1-16(18-2,10-11-6-8-12(17)9-7-11)15-19-13-4-3-5-14(13)20-15/h6-9,18H,3-5,10H2,1-2H3. The van der Waals surface area contributed by atoms with Crippen LogP contribution in [0.1, 0.15) is 34.5 Å². The maximum atomic E-state index is 4.89. The first kappa shape index (κ1) is 14.2. The molecule has 0 spiro atoms. The third-order valence-electron chi connectivity index (χ3n) is 4.09. The molecule has 1 aliphatic rings. The van der Waals surface area contributed by atoms with Crippen LogP contribution >= 0.6 is 27.3 Å². The molecule has 20 heavy (non-hydrogen) atoms. The lowest BCUT2D eigenvalue weighted by molar-refractivity contribution is 0.394. The smallest absolute Gasteiger partial charge is 0.113 e. The summed E-state index contributed by atoms with van der Waals surface area (Å²) in [7, 11) is 2.03. The minimum Gasteiger partial charge on any atom is -0.308 e. The SMILES string of the molecule is CNC(C)(Cc1ccc(Br)cc1)c1nc2c(s1)CCC2. The van der Waals surface area contributed by atoms with Crippen molar-refractivity contribution in [2.45, 2.75) is 38.1 Å². The van der Waals surface area contributed by atoms with Gasteiger partial charge in [-0.05, 0) is 57.4 Å². The molecule has 0 saturated heterocycles. The van der Waals surface area contributed by atoms with Crippen LogP contribution in [0.15, 0.2) is 28.7 Å². The van der Waals surface area contributed by atoms with Crippen molar-refractivity contribution in [3.8, 4) is 0 Å². The fourth-order valence-electron chi connectivity index (χ4n) is 2.71. The highest BCUT2D eigenvalue weighted by molar-refractivity contribution is 9.10. The van der Waals surface area contributed by atoms with Crippen molar-refractivity contribution in [3.63, 3.8) is 0 Å². The number of rotatable bonds is 4. The van der Waals surface area contributed by atoms with Crippen LogP contribution in [0.2, 0.25) is 0 Å². The maximum Gasteiger partial charge on any atom is 0.113 e. The Morgan fingerprint density at radius 1 is 1.30 bits per heavy atom. The van der Waals surface area contributed by atoms with Gasteiger partial charge in [-0.3, -0.25) is 0 Å². The van der Waals surface area contributed by atoms with E-state index >= 15 is 0 Å². The molecule has 1 aromatic heterocycles. The monoisotopic (exact) mass is 350 g/mol. The van der Waals surface area contributed by atoms with Gasteiger partial charge in [0.25, 0.3) is 0 Å². The predicted octanol–water partition coefficient (Wildman–Crippen LogP) is 4.07. The molecule has 4 heteroatoms. The molecule has 0 bridgehead atoms. The molecule has 106 valence electrons. The molecule has 1 aliphatic carbocycles. The number of halogens is 1. The predicted molar refractivity (Wildman–Crippen MR) is 88.4 cm³/mol. The molecule has 2 aromatic rings. The molecular weight excluding hydrogens is 332 g/mol. The molecule has 2 nitrogen and oxygen atoms in total. The third-order valence-corrected chi connectivity index (χ3v) is 6.04. The second-order valence-electron chi connectivity index (χ2n) is 5.63. The Bertz CT molecular complexity index is 584. The van der Waals surface area contributed by atoms with E-state index in [2.05, 4.69) is 52.4 Å². The number of aryl methyl sites for hydroxylation is 2. The average Bonchev–Trinajstić information content (AvgIpc) is 3.02. The van der Waals surface area contributed by atoms with Crippen LogP contribution in [-0.2, 0) is 24.8 Å². The van der Waals surface area contributed by atoms with E-state index in [-0.39, 0.29) is 5.54 Å². The number of benzene rings is 1. The van der Waals surface area contributed by atoms with Crippen LogP contribution in [0.4, 0.5) is 0 Å². The third kappa shape index (κ3) is 2.69. The minimum atomic E-state index is -0.0805. The van der Waals surface area contributed by atoms with Crippen molar-refractivity contribution in [2.75, 3.05) is 7.05 Å². The van der Waals surface area contributed by atoms with Gasteiger partial charge in [0, 0.05) is 9.35 Å². The van der Waals surface area contributed by atoms with Gasteiger partial charge in [-0.1, -0.05) is 28.1 Å². The van der Waals surface area contributed by atoms with Crippen LogP contribution in [0.3, 0.4) is 0 Å². The second-order valence-corrected chi connectivity index (χ2v) is 7.63. The maximum absolute atomic E-state index is 4.89. The summed E-state index contributed by atoms with van der Waals surface area (Å²) >= 11 is 5.38. The number of hydrogen-bond acceptors (Lipinski definition) is 3. The van der Waals surface area contributed by atoms with Crippen molar-refractivity contribution in [3.05, 3.63) is 49.9 Å². The zero-order valence-corrected chi connectivity index (χ0v) is 14.3. The summed E-state index contributed by atoms with van der Waals surface area (Å²) in [6.45, 7) is 2.25. The van der Waals surface area contributed by atoms with Gasteiger partial charge >= 0.3 is 0 Å². The van der Waals surface area contributed by atoms with E-state index in [1.165, 1.54) is 34.0 Å². The summed E-state index contributed by atoms with van der Waals surface area (Å²) < 4.78 is 1.13. The van der Waals surface area contributed by atoms with Crippen LogP contribution in [0.5, 0.6) is 0 Å². The van der Waals surface area contributed by atoms with Crippen molar-refractivity contribution >= 4 is 27.3 Å². The van der Waals surface area contributed by atoms with Crippen LogP contribution in [0, 0.1) is 0 Å². The number of aromatic nitrogens is 1. The molecule has 0 fully saturated rings. The zero-order valence-electron chi connectivity index (χ0n) is 11.9. The molecule has 0 aliphatic heterocycles. The summed E-state index contributed by atoms with van der Waals surface area (Å²) in [5.41, 5.74) is 2.59. The van der Waals surface area contributed by atoms with E-state index in [0.29, 0.717) is 0 Å². The van der Waals surface area contributed by atoms with Gasteiger partial charge in [0.05, 0.1) is 11.2 Å². The second kappa shape index (κ2) is 5.58. The van der Waals surface area contributed by atoms with Gasteiger partial charge in [0.1, 0.15) is 5.01 Å². The minimum absolute atomic E-state index is 0.0805. The average molecular weight is 351 g/mol.